The van der Waals surface area contributed by atoms with Crippen LogP contribution in [0.15, 0.2) is 12.1 Å². The van der Waals surface area contributed by atoms with E-state index in [9.17, 15) is 14.4 Å². The third-order valence-electron chi connectivity index (χ3n) is 3.18. The first-order chi connectivity index (χ1) is 9.47. The van der Waals surface area contributed by atoms with Crippen molar-refractivity contribution in [1.82, 2.24) is 5.32 Å². The molecule has 2 atom stereocenters. The first kappa shape index (κ1) is 14.5. The van der Waals surface area contributed by atoms with Crippen LogP contribution >= 0.6 is 11.3 Å². The van der Waals surface area contributed by atoms with Crippen molar-refractivity contribution in [2.45, 2.75) is 19.8 Å². The minimum absolute atomic E-state index is 0.00888. The van der Waals surface area contributed by atoms with Crippen molar-refractivity contribution in [1.29, 1.82) is 0 Å². The summed E-state index contributed by atoms with van der Waals surface area (Å²) in [5.41, 5.74) is 0. The zero-order valence-electron chi connectivity index (χ0n) is 11.0. The van der Waals surface area contributed by atoms with Crippen LogP contribution in [0.4, 0.5) is 5.00 Å². The van der Waals surface area contributed by atoms with E-state index in [0.717, 1.165) is 17.8 Å². The van der Waals surface area contributed by atoms with E-state index in [0.29, 0.717) is 17.5 Å². The first-order valence-electron chi connectivity index (χ1n) is 6.38. The summed E-state index contributed by atoms with van der Waals surface area (Å²) in [5, 5.41) is 14.6. The molecule has 1 fully saturated rings. The fourth-order valence-corrected chi connectivity index (χ4v) is 2.60. The summed E-state index contributed by atoms with van der Waals surface area (Å²) in [6.07, 6.45) is 1.10. The topological polar surface area (TPSA) is 95.5 Å². The Kier molecular flexibility index (Phi) is 4.39. The van der Waals surface area contributed by atoms with Gasteiger partial charge in [-0.3, -0.25) is 9.59 Å². The Balaban J connectivity index is 1.69. The molecule has 2 rings (SSSR count). The number of carbonyl (C=O) groups excluding carboxylic acids is 2. The molecule has 2 unspecified atom stereocenters. The third-order valence-corrected chi connectivity index (χ3v) is 4.17. The predicted octanol–water partition coefficient (Wildman–Crippen LogP) is 1.55. The van der Waals surface area contributed by atoms with Gasteiger partial charge in [0.25, 0.3) is 0 Å². The van der Waals surface area contributed by atoms with Crippen molar-refractivity contribution in [2.75, 3.05) is 11.9 Å². The fraction of sp³-hybridized carbons (Fsp3) is 0.462. The Hall–Kier alpha value is -1.89. The molecule has 0 bridgehead atoms. The SMILES string of the molecule is CC1CC1C(=O)NCCC(=O)Nc1ccc(C(=O)O)s1. The van der Waals surface area contributed by atoms with E-state index in [1.807, 2.05) is 6.92 Å². The van der Waals surface area contributed by atoms with Gasteiger partial charge in [0.2, 0.25) is 11.8 Å². The minimum Gasteiger partial charge on any atom is -0.477 e. The number of anilines is 1. The standard InChI is InChI=1S/C13H16N2O4S/c1-7-6-8(7)12(17)14-5-4-10(16)15-11-3-2-9(20-11)13(18)19/h2-3,7-8H,4-6H2,1H3,(H,14,17)(H,15,16)(H,18,19). The Morgan fingerprint density at radius 2 is 2.10 bits per heavy atom. The number of carboxylic acid groups (broad SMARTS) is 1. The van der Waals surface area contributed by atoms with Gasteiger partial charge in [-0.25, -0.2) is 4.79 Å². The van der Waals surface area contributed by atoms with Crippen molar-refractivity contribution in [3.8, 4) is 0 Å². The number of nitrogens with one attached hydrogen (secondary N) is 2. The Morgan fingerprint density at radius 3 is 2.65 bits per heavy atom. The lowest BCUT2D eigenvalue weighted by molar-refractivity contribution is -0.122. The summed E-state index contributed by atoms with van der Waals surface area (Å²) in [6, 6.07) is 3.00. The molecule has 1 aromatic heterocycles. The Labute approximate surface area is 120 Å². The third kappa shape index (κ3) is 3.80. The van der Waals surface area contributed by atoms with Crippen molar-refractivity contribution >= 4 is 34.1 Å². The number of carboxylic acids is 1. The van der Waals surface area contributed by atoms with Gasteiger partial charge in [0.1, 0.15) is 4.88 Å². The molecule has 0 saturated heterocycles. The highest BCUT2D eigenvalue weighted by Crippen LogP contribution is 2.37. The van der Waals surface area contributed by atoms with E-state index in [1.165, 1.54) is 6.07 Å². The molecule has 1 heterocycles. The van der Waals surface area contributed by atoms with Crippen molar-refractivity contribution in [3.63, 3.8) is 0 Å². The highest BCUT2D eigenvalue weighted by Gasteiger charge is 2.38. The lowest BCUT2D eigenvalue weighted by atomic mass is 10.3. The molecular formula is C13H16N2O4S. The maximum absolute atomic E-state index is 11.6. The fourth-order valence-electron chi connectivity index (χ4n) is 1.84. The average molecular weight is 296 g/mol. The van der Waals surface area contributed by atoms with Gasteiger partial charge >= 0.3 is 5.97 Å². The second kappa shape index (κ2) is 6.04. The average Bonchev–Trinajstić information content (AvgIpc) is 2.92. The molecule has 1 saturated carbocycles. The molecule has 7 heteroatoms. The predicted molar refractivity (Wildman–Crippen MR) is 74.8 cm³/mol. The number of rotatable bonds is 6. The van der Waals surface area contributed by atoms with E-state index in [-0.39, 0.29) is 29.0 Å². The molecule has 3 N–H and O–H groups in total. The molecule has 20 heavy (non-hydrogen) atoms. The summed E-state index contributed by atoms with van der Waals surface area (Å²) in [6.45, 7) is 2.32. The molecule has 108 valence electrons. The number of aromatic carboxylic acids is 1. The van der Waals surface area contributed by atoms with Crippen LogP contribution in [0.1, 0.15) is 29.4 Å². The number of hydrogen-bond acceptors (Lipinski definition) is 4. The van der Waals surface area contributed by atoms with Crippen LogP contribution < -0.4 is 10.6 Å². The normalized spacial score (nSPS) is 20.2. The van der Waals surface area contributed by atoms with Gasteiger partial charge in [0.15, 0.2) is 0 Å². The largest absolute Gasteiger partial charge is 0.477 e. The van der Waals surface area contributed by atoms with E-state index in [2.05, 4.69) is 10.6 Å². The lowest BCUT2D eigenvalue weighted by Crippen LogP contribution is -2.29. The van der Waals surface area contributed by atoms with E-state index in [1.54, 1.807) is 6.07 Å². The van der Waals surface area contributed by atoms with Crippen LogP contribution in [0.25, 0.3) is 0 Å². The zero-order valence-corrected chi connectivity index (χ0v) is 11.8. The van der Waals surface area contributed by atoms with Gasteiger partial charge in [0, 0.05) is 18.9 Å². The second-order valence-corrected chi connectivity index (χ2v) is 5.96. The molecule has 1 aliphatic carbocycles. The van der Waals surface area contributed by atoms with Crippen LogP contribution in [0.3, 0.4) is 0 Å². The molecule has 2 amide bonds. The second-order valence-electron chi connectivity index (χ2n) is 4.88. The smallest absolute Gasteiger partial charge is 0.345 e. The lowest BCUT2D eigenvalue weighted by Gasteiger charge is -2.04. The first-order valence-corrected chi connectivity index (χ1v) is 7.19. The molecule has 6 nitrogen and oxygen atoms in total. The van der Waals surface area contributed by atoms with Crippen molar-refractivity contribution < 1.29 is 19.5 Å². The zero-order chi connectivity index (χ0) is 14.7. The van der Waals surface area contributed by atoms with Crippen LogP contribution in [-0.4, -0.2) is 29.4 Å². The summed E-state index contributed by atoms with van der Waals surface area (Å²) in [4.78, 5) is 34.0. The molecule has 1 aliphatic rings. The van der Waals surface area contributed by atoms with Gasteiger partial charge in [-0.2, -0.15) is 0 Å². The highest BCUT2D eigenvalue weighted by atomic mass is 32.1. The number of thiophene rings is 1. The molecular weight excluding hydrogens is 280 g/mol. The van der Waals surface area contributed by atoms with Gasteiger partial charge in [-0.1, -0.05) is 6.92 Å². The van der Waals surface area contributed by atoms with Crippen LogP contribution in [0, 0.1) is 11.8 Å². The summed E-state index contributed by atoms with van der Waals surface area (Å²) >= 11 is 1.01. The highest BCUT2D eigenvalue weighted by molar-refractivity contribution is 7.18. The molecule has 0 aromatic carbocycles. The van der Waals surface area contributed by atoms with Crippen molar-refractivity contribution in [2.24, 2.45) is 11.8 Å². The number of hydrogen-bond donors (Lipinski definition) is 3. The molecule has 0 aliphatic heterocycles. The maximum Gasteiger partial charge on any atom is 0.345 e. The van der Waals surface area contributed by atoms with Crippen molar-refractivity contribution in [3.05, 3.63) is 17.0 Å². The van der Waals surface area contributed by atoms with Crippen LogP contribution in [-0.2, 0) is 9.59 Å². The van der Waals surface area contributed by atoms with Crippen LogP contribution in [0.2, 0.25) is 0 Å². The van der Waals surface area contributed by atoms with E-state index < -0.39 is 5.97 Å². The van der Waals surface area contributed by atoms with Gasteiger partial charge in [-0.05, 0) is 24.5 Å². The molecule has 0 spiro atoms. The van der Waals surface area contributed by atoms with Gasteiger partial charge < -0.3 is 15.7 Å². The number of carbonyl (C=O) groups is 3. The monoisotopic (exact) mass is 296 g/mol. The van der Waals surface area contributed by atoms with Crippen LogP contribution in [0.5, 0.6) is 0 Å². The maximum atomic E-state index is 11.6. The molecule has 1 aromatic rings. The summed E-state index contributed by atoms with van der Waals surface area (Å²) in [5.74, 6) is -0.693. The summed E-state index contributed by atoms with van der Waals surface area (Å²) in [7, 11) is 0. The van der Waals surface area contributed by atoms with Gasteiger partial charge in [0.05, 0.1) is 5.00 Å². The van der Waals surface area contributed by atoms with Gasteiger partial charge in [-0.15, -0.1) is 11.3 Å². The Bertz CT molecular complexity index is 540. The summed E-state index contributed by atoms with van der Waals surface area (Å²) < 4.78 is 0. The van der Waals surface area contributed by atoms with E-state index >= 15 is 0 Å². The van der Waals surface area contributed by atoms with E-state index in [4.69, 9.17) is 5.11 Å². The Morgan fingerprint density at radius 1 is 1.40 bits per heavy atom. The number of amides is 2. The quantitative estimate of drug-likeness (QED) is 0.742. The minimum atomic E-state index is -1.01. The molecule has 0 radical (unpaired) electrons.